The number of rotatable bonds is 4. The standard InChI is InChI=1S/C22H22N2O/c1-2-14-23-22(25)19-13-7-12-18-16-10-6-11-17(16)20(24-21(18)19)15-8-4-3-5-9-15/h2-10,12-13,16-17,20,24H,1,11,14H2,(H,23,25). The molecule has 2 aromatic carbocycles. The summed E-state index contributed by atoms with van der Waals surface area (Å²) in [7, 11) is 0. The number of amides is 1. The van der Waals surface area contributed by atoms with E-state index in [1.165, 1.54) is 11.1 Å². The van der Waals surface area contributed by atoms with Crippen molar-refractivity contribution in [2.45, 2.75) is 18.4 Å². The van der Waals surface area contributed by atoms with Crippen LogP contribution in [0.5, 0.6) is 0 Å². The molecule has 0 aromatic heterocycles. The Kier molecular flexibility index (Phi) is 4.14. The Balaban J connectivity index is 1.76. The number of para-hydroxylation sites is 1. The smallest absolute Gasteiger partial charge is 0.253 e. The van der Waals surface area contributed by atoms with Crippen molar-refractivity contribution in [1.82, 2.24) is 5.32 Å². The molecule has 1 aliphatic heterocycles. The van der Waals surface area contributed by atoms with Crippen LogP contribution in [0.3, 0.4) is 0 Å². The molecule has 25 heavy (non-hydrogen) atoms. The molecule has 126 valence electrons. The highest BCUT2D eigenvalue weighted by Crippen LogP contribution is 2.50. The van der Waals surface area contributed by atoms with Crippen LogP contribution >= 0.6 is 0 Å². The average molecular weight is 330 g/mol. The van der Waals surface area contributed by atoms with Crippen molar-refractivity contribution in [3.8, 4) is 0 Å². The molecule has 1 heterocycles. The van der Waals surface area contributed by atoms with Gasteiger partial charge in [0.1, 0.15) is 0 Å². The highest BCUT2D eigenvalue weighted by molar-refractivity contribution is 6.00. The lowest BCUT2D eigenvalue weighted by molar-refractivity contribution is 0.0958. The maximum absolute atomic E-state index is 12.6. The summed E-state index contributed by atoms with van der Waals surface area (Å²) in [5.74, 6) is 0.784. The number of hydrogen-bond acceptors (Lipinski definition) is 2. The third-order valence-electron chi connectivity index (χ3n) is 5.21. The minimum Gasteiger partial charge on any atom is -0.377 e. The molecular weight excluding hydrogens is 308 g/mol. The zero-order valence-corrected chi connectivity index (χ0v) is 14.1. The molecule has 4 rings (SSSR count). The zero-order chi connectivity index (χ0) is 17.2. The largest absolute Gasteiger partial charge is 0.377 e. The second kappa shape index (κ2) is 6.60. The van der Waals surface area contributed by atoms with E-state index < -0.39 is 0 Å². The van der Waals surface area contributed by atoms with Crippen molar-refractivity contribution in [3.05, 3.63) is 90.0 Å². The van der Waals surface area contributed by atoms with E-state index in [2.05, 4.69) is 59.7 Å². The lowest BCUT2D eigenvalue weighted by Crippen LogP contribution is -2.32. The fraction of sp³-hybridized carbons (Fsp3) is 0.227. The van der Waals surface area contributed by atoms with Crippen LogP contribution in [-0.2, 0) is 0 Å². The molecule has 3 unspecified atom stereocenters. The Labute approximate surface area is 148 Å². The Morgan fingerprint density at radius 1 is 1.20 bits per heavy atom. The Morgan fingerprint density at radius 3 is 2.84 bits per heavy atom. The number of nitrogens with one attached hydrogen (secondary N) is 2. The normalized spacial score (nSPS) is 23.3. The first kappa shape index (κ1) is 15.7. The lowest BCUT2D eigenvalue weighted by Gasteiger charge is -2.38. The summed E-state index contributed by atoms with van der Waals surface area (Å²) in [6, 6.07) is 16.7. The Bertz CT molecular complexity index is 825. The number of anilines is 1. The number of carbonyl (C=O) groups excluding carboxylic acids is 1. The molecule has 2 aromatic rings. The fourth-order valence-electron chi connectivity index (χ4n) is 4.06. The molecule has 0 radical (unpaired) electrons. The minimum atomic E-state index is -0.0588. The van der Waals surface area contributed by atoms with Gasteiger partial charge in [0.25, 0.3) is 5.91 Å². The zero-order valence-electron chi connectivity index (χ0n) is 14.1. The molecule has 1 amide bonds. The van der Waals surface area contributed by atoms with Crippen molar-refractivity contribution >= 4 is 11.6 Å². The fourth-order valence-corrected chi connectivity index (χ4v) is 4.06. The number of fused-ring (bicyclic) bond motifs is 3. The van der Waals surface area contributed by atoms with Gasteiger partial charge in [-0.15, -0.1) is 6.58 Å². The predicted molar refractivity (Wildman–Crippen MR) is 102 cm³/mol. The van der Waals surface area contributed by atoms with Crippen molar-refractivity contribution in [3.63, 3.8) is 0 Å². The van der Waals surface area contributed by atoms with Crippen molar-refractivity contribution in [2.75, 3.05) is 11.9 Å². The third kappa shape index (κ3) is 2.76. The first-order chi connectivity index (χ1) is 12.3. The van der Waals surface area contributed by atoms with Gasteiger partial charge in [-0.05, 0) is 29.5 Å². The van der Waals surface area contributed by atoms with E-state index in [4.69, 9.17) is 0 Å². The number of carbonyl (C=O) groups is 1. The van der Waals surface area contributed by atoms with Gasteiger partial charge < -0.3 is 10.6 Å². The quantitative estimate of drug-likeness (QED) is 0.814. The summed E-state index contributed by atoms with van der Waals surface area (Å²) in [4.78, 5) is 12.6. The molecule has 2 N–H and O–H groups in total. The molecule has 0 saturated heterocycles. The summed E-state index contributed by atoms with van der Waals surface area (Å²) in [5, 5.41) is 6.58. The first-order valence-corrected chi connectivity index (χ1v) is 8.79. The Morgan fingerprint density at radius 2 is 2.04 bits per heavy atom. The number of allylic oxidation sites excluding steroid dienone is 2. The molecule has 3 heteroatoms. The molecule has 0 spiro atoms. The first-order valence-electron chi connectivity index (χ1n) is 8.79. The van der Waals surface area contributed by atoms with Gasteiger partial charge >= 0.3 is 0 Å². The van der Waals surface area contributed by atoms with Crippen LogP contribution < -0.4 is 10.6 Å². The summed E-state index contributed by atoms with van der Waals surface area (Å²) in [5.41, 5.74) is 4.16. The van der Waals surface area contributed by atoms with Gasteiger partial charge in [0.05, 0.1) is 17.3 Å². The van der Waals surface area contributed by atoms with E-state index in [0.717, 1.165) is 12.1 Å². The molecule has 3 nitrogen and oxygen atoms in total. The van der Waals surface area contributed by atoms with Gasteiger partial charge in [-0.2, -0.15) is 0 Å². The second-order valence-electron chi connectivity index (χ2n) is 6.65. The number of hydrogen-bond donors (Lipinski definition) is 2. The third-order valence-corrected chi connectivity index (χ3v) is 5.21. The summed E-state index contributed by atoms with van der Waals surface area (Å²) in [6.07, 6.45) is 7.32. The SMILES string of the molecule is C=CCNC(=O)c1cccc2c1NC(c1ccccc1)C1CC=CC21. The van der Waals surface area contributed by atoms with E-state index in [-0.39, 0.29) is 11.9 Å². The topological polar surface area (TPSA) is 41.1 Å². The molecule has 3 atom stereocenters. The molecule has 0 fully saturated rings. The maximum Gasteiger partial charge on any atom is 0.253 e. The van der Waals surface area contributed by atoms with E-state index in [0.29, 0.717) is 23.9 Å². The van der Waals surface area contributed by atoms with Crippen LogP contribution in [0, 0.1) is 5.92 Å². The Hall–Kier alpha value is -2.81. The van der Waals surface area contributed by atoms with Crippen molar-refractivity contribution in [1.29, 1.82) is 0 Å². The van der Waals surface area contributed by atoms with E-state index in [1.807, 2.05) is 18.2 Å². The average Bonchev–Trinajstić information content (AvgIpc) is 3.15. The highest BCUT2D eigenvalue weighted by Gasteiger charge is 2.39. The minimum absolute atomic E-state index is 0.0588. The van der Waals surface area contributed by atoms with E-state index >= 15 is 0 Å². The van der Waals surface area contributed by atoms with Crippen LogP contribution in [-0.4, -0.2) is 12.5 Å². The molecular formula is C22H22N2O. The van der Waals surface area contributed by atoms with Crippen LogP contribution in [0.25, 0.3) is 0 Å². The van der Waals surface area contributed by atoms with Crippen LogP contribution in [0.1, 0.15) is 39.9 Å². The van der Waals surface area contributed by atoms with Gasteiger partial charge in [-0.1, -0.05) is 60.7 Å². The van der Waals surface area contributed by atoms with Crippen LogP contribution in [0.15, 0.2) is 73.3 Å². The van der Waals surface area contributed by atoms with Crippen LogP contribution in [0.2, 0.25) is 0 Å². The van der Waals surface area contributed by atoms with Gasteiger partial charge in [-0.3, -0.25) is 4.79 Å². The van der Waals surface area contributed by atoms with Crippen molar-refractivity contribution < 1.29 is 4.79 Å². The maximum atomic E-state index is 12.6. The summed E-state index contributed by atoms with van der Waals surface area (Å²) < 4.78 is 0. The number of benzene rings is 2. The lowest BCUT2D eigenvalue weighted by atomic mass is 9.76. The van der Waals surface area contributed by atoms with Gasteiger partial charge in [0, 0.05) is 12.5 Å². The highest BCUT2D eigenvalue weighted by atomic mass is 16.1. The summed E-state index contributed by atoms with van der Waals surface area (Å²) >= 11 is 0. The predicted octanol–water partition coefficient (Wildman–Crippen LogP) is 4.43. The summed E-state index contributed by atoms with van der Waals surface area (Å²) in [6.45, 7) is 4.14. The molecule has 1 aliphatic carbocycles. The van der Waals surface area contributed by atoms with Gasteiger partial charge in [0.2, 0.25) is 0 Å². The van der Waals surface area contributed by atoms with Crippen LogP contribution in [0.4, 0.5) is 5.69 Å². The van der Waals surface area contributed by atoms with E-state index in [1.54, 1.807) is 6.08 Å². The second-order valence-corrected chi connectivity index (χ2v) is 6.65. The molecule has 0 saturated carbocycles. The van der Waals surface area contributed by atoms with E-state index in [9.17, 15) is 4.79 Å². The van der Waals surface area contributed by atoms with Crippen molar-refractivity contribution in [2.24, 2.45) is 5.92 Å². The monoisotopic (exact) mass is 330 g/mol. The van der Waals surface area contributed by atoms with Gasteiger partial charge in [0.15, 0.2) is 0 Å². The van der Waals surface area contributed by atoms with Gasteiger partial charge in [-0.25, -0.2) is 0 Å². The molecule has 0 bridgehead atoms. The molecule has 2 aliphatic rings.